The summed E-state index contributed by atoms with van der Waals surface area (Å²) in [7, 11) is 0. The molecule has 0 spiro atoms. The molecule has 1 fully saturated rings. The molecule has 1 heterocycles. The van der Waals surface area contributed by atoms with Crippen LogP contribution in [-0.2, 0) is 20.7 Å². The number of hydrogen-bond donors (Lipinski definition) is 2. The fourth-order valence-electron chi connectivity index (χ4n) is 3.99. The Balaban J connectivity index is 1.48. The van der Waals surface area contributed by atoms with E-state index in [1.54, 1.807) is 4.68 Å². The molecule has 3 rings (SSSR count). The number of nitrogens with one attached hydrogen (secondary N) is 2. The maximum absolute atomic E-state index is 12.3. The van der Waals surface area contributed by atoms with Gasteiger partial charge in [0.1, 0.15) is 0 Å². The van der Waals surface area contributed by atoms with E-state index in [9.17, 15) is 14.4 Å². The molecule has 1 saturated carbocycles. The zero-order valence-electron chi connectivity index (χ0n) is 18.3. The minimum atomic E-state index is -0.650. The number of hydrogen-bond acceptors (Lipinski definition) is 5. The third-order valence-electron chi connectivity index (χ3n) is 5.81. The first-order valence-electron chi connectivity index (χ1n) is 10.7. The minimum Gasteiger partial charge on any atom is -0.455 e. The van der Waals surface area contributed by atoms with Gasteiger partial charge in [-0.05, 0) is 44.7 Å². The summed E-state index contributed by atoms with van der Waals surface area (Å²) in [6.07, 6.45) is 4.21. The monoisotopic (exact) mass is 426 g/mol. The van der Waals surface area contributed by atoms with Gasteiger partial charge < -0.3 is 10.1 Å². The molecule has 1 aliphatic carbocycles. The van der Waals surface area contributed by atoms with Gasteiger partial charge in [-0.15, -0.1) is 0 Å². The van der Waals surface area contributed by atoms with Gasteiger partial charge in [0.25, 0.3) is 5.91 Å². The standard InChI is InChI=1S/C23H30N4O4/c1-15-9-7-8-12-20(15)24-23(30)25-21(28)14-31-22(29)13-19-16(2)26-27(17(19)3)18-10-5-4-6-11-18/h4-6,10-11,15,20H,7-9,12-14H2,1-3H3,(H2,24,25,28,30)/t15-,20+/m0/s1. The predicted molar refractivity (Wildman–Crippen MR) is 116 cm³/mol. The van der Waals surface area contributed by atoms with Crippen molar-refractivity contribution < 1.29 is 19.1 Å². The summed E-state index contributed by atoms with van der Waals surface area (Å²) in [6.45, 7) is 5.31. The molecule has 0 aliphatic heterocycles. The van der Waals surface area contributed by atoms with Crippen LogP contribution in [0.25, 0.3) is 5.69 Å². The molecule has 1 aromatic heterocycles. The number of esters is 1. The Hall–Kier alpha value is -3.16. The van der Waals surface area contributed by atoms with Gasteiger partial charge >= 0.3 is 12.0 Å². The Morgan fingerprint density at radius 3 is 2.55 bits per heavy atom. The summed E-state index contributed by atoms with van der Waals surface area (Å²) in [5.41, 5.74) is 3.23. The summed E-state index contributed by atoms with van der Waals surface area (Å²) >= 11 is 0. The highest BCUT2D eigenvalue weighted by Crippen LogP contribution is 2.23. The first-order chi connectivity index (χ1) is 14.8. The van der Waals surface area contributed by atoms with E-state index in [0.717, 1.165) is 41.9 Å². The fraction of sp³-hybridized carbons (Fsp3) is 0.478. The van der Waals surface area contributed by atoms with Gasteiger partial charge in [0, 0.05) is 17.3 Å². The van der Waals surface area contributed by atoms with Crippen LogP contribution in [-0.4, -0.2) is 40.3 Å². The van der Waals surface area contributed by atoms with Crippen molar-refractivity contribution in [3.8, 4) is 5.69 Å². The molecule has 0 saturated heterocycles. The Bertz CT molecular complexity index is 939. The van der Waals surface area contributed by atoms with Crippen molar-refractivity contribution in [2.24, 2.45) is 5.92 Å². The van der Waals surface area contributed by atoms with E-state index in [1.165, 1.54) is 6.42 Å². The minimum absolute atomic E-state index is 0.00354. The van der Waals surface area contributed by atoms with Crippen LogP contribution < -0.4 is 10.6 Å². The van der Waals surface area contributed by atoms with E-state index in [1.807, 2.05) is 44.2 Å². The van der Waals surface area contributed by atoms with E-state index in [-0.39, 0.29) is 12.5 Å². The maximum Gasteiger partial charge on any atom is 0.321 e. The Morgan fingerprint density at radius 2 is 1.84 bits per heavy atom. The lowest BCUT2D eigenvalue weighted by Gasteiger charge is -2.29. The van der Waals surface area contributed by atoms with Crippen molar-refractivity contribution in [3.05, 3.63) is 47.3 Å². The zero-order valence-corrected chi connectivity index (χ0v) is 18.3. The third kappa shape index (κ3) is 5.93. The van der Waals surface area contributed by atoms with E-state index >= 15 is 0 Å². The Morgan fingerprint density at radius 1 is 1.13 bits per heavy atom. The van der Waals surface area contributed by atoms with Gasteiger partial charge in [-0.1, -0.05) is 38.0 Å². The molecule has 1 aliphatic rings. The molecule has 0 bridgehead atoms. The number of carbonyl (C=O) groups is 3. The Kier molecular flexibility index (Phi) is 7.44. The SMILES string of the molecule is Cc1nn(-c2ccccc2)c(C)c1CC(=O)OCC(=O)NC(=O)N[C@@H]1CCCC[C@@H]1C. The molecular weight excluding hydrogens is 396 g/mol. The van der Waals surface area contributed by atoms with Crippen LogP contribution in [0.2, 0.25) is 0 Å². The van der Waals surface area contributed by atoms with Gasteiger partial charge in [-0.3, -0.25) is 14.9 Å². The normalized spacial score (nSPS) is 18.3. The predicted octanol–water partition coefficient (Wildman–Crippen LogP) is 2.98. The van der Waals surface area contributed by atoms with E-state index in [2.05, 4.69) is 22.7 Å². The number of para-hydroxylation sites is 1. The highest BCUT2D eigenvalue weighted by molar-refractivity contribution is 5.95. The number of benzene rings is 1. The van der Waals surface area contributed by atoms with Crippen molar-refractivity contribution in [1.82, 2.24) is 20.4 Å². The molecule has 8 heteroatoms. The number of aromatic nitrogens is 2. The fourth-order valence-corrected chi connectivity index (χ4v) is 3.99. The summed E-state index contributed by atoms with van der Waals surface area (Å²) in [4.78, 5) is 36.3. The number of rotatable bonds is 6. The molecule has 166 valence electrons. The Labute approximate surface area is 182 Å². The zero-order chi connectivity index (χ0) is 22.4. The quantitative estimate of drug-likeness (QED) is 0.692. The number of carbonyl (C=O) groups excluding carboxylic acids is 3. The number of amides is 3. The second kappa shape index (κ2) is 10.2. The van der Waals surface area contributed by atoms with Gasteiger partial charge in [-0.2, -0.15) is 5.10 Å². The highest BCUT2D eigenvalue weighted by atomic mass is 16.5. The second-order valence-electron chi connectivity index (χ2n) is 8.12. The number of aryl methyl sites for hydroxylation is 1. The number of nitrogens with zero attached hydrogens (tertiary/aromatic N) is 2. The van der Waals surface area contributed by atoms with Crippen LogP contribution in [0.1, 0.15) is 49.6 Å². The maximum atomic E-state index is 12.3. The van der Waals surface area contributed by atoms with Crippen molar-refractivity contribution in [3.63, 3.8) is 0 Å². The van der Waals surface area contributed by atoms with Crippen LogP contribution >= 0.6 is 0 Å². The lowest BCUT2D eigenvalue weighted by molar-refractivity contribution is -0.147. The topological polar surface area (TPSA) is 102 Å². The van der Waals surface area contributed by atoms with Crippen LogP contribution in [0.5, 0.6) is 0 Å². The molecule has 2 atom stereocenters. The first kappa shape index (κ1) is 22.5. The van der Waals surface area contributed by atoms with Gasteiger partial charge in [0.05, 0.1) is 17.8 Å². The molecule has 8 nitrogen and oxygen atoms in total. The van der Waals surface area contributed by atoms with Gasteiger partial charge in [0.15, 0.2) is 6.61 Å². The largest absolute Gasteiger partial charge is 0.455 e. The third-order valence-corrected chi connectivity index (χ3v) is 5.81. The van der Waals surface area contributed by atoms with E-state index < -0.39 is 24.5 Å². The van der Waals surface area contributed by atoms with E-state index in [4.69, 9.17) is 4.74 Å². The first-order valence-corrected chi connectivity index (χ1v) is 10.7. The van der Waals surface area contributed by atoms with Crippen LogP contribution in [0, 0.1) is 19.8 Å². The highest BCUT2D eigenvalue weighted by Gasteiger charge is 2.23. The molecule has 31 heavy (non-hydrogen) atoms. The van der Waals surface area contributed by atoms with Crippen molar-refractivity contribution in [2.45, 2.75) is 58.9 Å². The van der Waals surface area contributed by atoms with Gasteiger partial charge in [0.2, 0.25) is 0 Å². The van der Waals surface area contributed by atoms with E-state index in [0.29, 0.717) is 5.92 Å². The molecule has 0 radical (unpaired) electrons. The van der Waals surface area contributed by atoms with Crippen LogP contribution in [0.4, 0.5) is 4.79 Å². The van der Waals surface area contributed by atoms with Crippen molar-refractivity contribution in [2.75, 3.05) is 6.61 Å². The van der Waals surface area contributed by atoms with Gasteiger partial charge in [-0.25, -0.2) is 9.48 Å². The number of urea groups is 1. The van der Waals surface area contributed by atoms with Crippen molar-refractivity contribution in [1.29, 1.82) is 0 Å². The number of imide groups is 1. The molecule has 0 unspecified atom stereocenters. The average molecular weight is 427 g/mol. The number of ether oxygens (including phenoxy) is 1. The molecule has 1 aromatic carbocycles. The molecule has 2 N–H and O–H groups in total. The summed E-state index contributed by atoms with van der Waals surface area (Å²) < 4.78 is 6.86. The second-order valence-corrected chi connectivity index (χ2v) is 8.12. The van der Waals surface area contributed by atoms with Crippen LogP contribution in [0.3, 0.4) is 0 Å². The molecule has 3 amide bonds. The van der Waals surface area contributed by atoms with Crippen molar-refractivity contribution >= 4 is 17.9 Å². The van der Waals surface area contributed by atoms with Crippen LogP contribution in [0.15, 0.2) is 30.3 Å². The smallest absolute Gasteiger partial charge is 0.321 e. The summed E-state index contributed by atoms with van der Waals surface area (Å²) in [5, 5.41) is 9.58. The summed E-state index contributed by atoms with van der Waals surface area (Å²) in [5.74, 6) is -0.811. The summed E-state index contributed by atoms with van der Waals surface area (Å²) in [6, 6.07) is 9.16. The lowest BCUT2D eigenvalue weighted by atomic mass is 9.86. The average Bonchev–Trinajstić information content (AvgIpc) is 3.03. The molecule has 2 aromatic rings. The molecular formula is C23H30N4O4. The lowest BCUT2D eigenvalue weighted by Crippen LogP contribution is -2.48.